The van der Waals surface area contributed by atoms with Crippen LogP contribution in [0.5, 0.6) is 5.75 Å². The summed E-state index contributed by atoms with van der Waals surface area (Å²) in [4.78, 5) is 12.6. The molecule has 1 aromatic carbocycles. The Labute approximate surface area is 154 Å². The van der Waals surface area contributed by atoms with Gasteiger partial charge in [-0.1, -0.05) is 12.1 Å². The Morgan fingerprint density at radius 3 is 2.36 bits per heavy atom. The quantitative estimate of drug-likeness (QED) is 0.795. The van der Waals surface area contributed by atoms with Crippen LogP contribution in [-0.4, -0.2) is 18.1 Å². The molecule has 0 aliphatic heterocycles. The average molecular weight is 359 g/mol. The molecule has 0 radical (unpaired) electrons. The third-order valence-corrected chi connectivity index (χ3v) is 6.51. The van der Waals surface area contributed by atoms with E-state index in [1.165, 1.54) is 38.5 Å². The van der Waals surface area contributed by atoms with Crippen LogP contribution < -0.4 is 15.4 Å². The first-order valence-electron chi connectivity index (χ1n) is 9.29. The van der Waals surface area contributed by atoms with Crippen LogP contribution in [-0.2, 0) is 4.79 Å². The number of ether oxygens (including phenoxy) is 1. The SMILES string of the molecule is COc1ccccc1NC(=S)NC(=O)CC12CC3CC(CC(C3)C1)C2. The molecule has 0 saturated heterocycles. The predicted molar refractivity (Wildman–Crippen MR) is 103 cm³/mol. The van der Waals surface area contributed by atoms with Gasteiger partial charge in [0.2, 0.25) is 5.91 Å². The average Bonchev–Trinajstić information content (AvgIpc) is 2.53. The summed E-state index contributed by atoms with van der Waals surface area (Å²) in [5.74, 6) is 3.34. The predicted octanol–water partition coefficient (Wildman–Crippen LogP) is 4.11. The molecule has 0 aromatic heterocycles. The van der Waals surface area contributed by atoms with Gasteiger partial charge in [-0.15, -0.1) is 0 Å². The van der Waals surface area contributed by atoms with Crippen LogP contribution in [0.2, 0.25) is 0 Å². The number of nitrogens with one attached hydrogen (secondary N) is 2. The normalized spacial score (nSPS) is 32.3. The van der Waals surface area contributed by atoms with Gasteiger partial charge in [0.1, 0.15) is 5.75 Å². The zero-order chi connectivity index (χ0) is 17.4. The number of hydrogen-bond acceptors (Lipinski definition) is 3. The molecule has 134 valence electrons. The van der Waals surface area contributed by atoms with Crippen molar-refractivity contribution in [2.45, 2.75) is 44.9 Å². The van der Waals surface area contributed by atoms with Crippen molar-refractivity contribution in [2.24, 2.45) is 23.2 Å². The van der Waals surface area contributed by atoms with E-state index in [9.17, 15) is 4.79 Å². The van der Waals surface area contributed by atoms with Gasteiger partial charge in [-0.3, -0.25) is 4.79 Å². The first kappa shape index (κ1) is 16.8. The summed E-state index contributed by atoms with van der Waals surface area (Å²) in [5.41, 5.74) is 1.00. The van der Waals surface area contributed by atoms with Gasteiger partial charge < -0.3 is 15.4 Å². The van der Waals surface area contributed by atoms with Crippen molar-refractivity contribution in [3.63, 3.8) is 0 Å². The Kier molecular flexibility index (Phi) is 4.44. The largest absolute Gasteiger partial charge is 0.495 e. The van der Waals surface area contributed by atoms with E-state index < -0.39 is 0 Å². The molecular weight excluding hydrogens is 332 g/mol. The molecule has 5 heteroatoms. The molecule has 1 amide bonds. The number of thiocarbonyl (C=S) groups is 1. The lowest BCUT2D eigenvalue weighted by molar-refractivity contribution is -0.127. The minimum absolute atomic E-state index is 0.0503. The minimum atomic E-state index is 0.0503. The Balaban J connectivity index is 1.35. The Morgan fingerprint density at radius 2 is 1.76 bits per heavy atom. The number of carbonyl (C=O) groups excluding carboxylic acids is 1. The molecule has 25 heavy (non-hydrogen) atoms. The number of para-hydroxylation sites is 2. The smallest absolute Gasteiger partial charge is 0.226 e. The van der Waals surface area contributed by atoms with E-state index in [1.54, 1.807) is 7.11 Å². The molecule has 0 heterocycles. The van der Waals surface area contributed by atoms with Gasteiger partial charge in [0, 0.05) is 6.42 Å². The summed E-state index contributed by atoms with van der Waals surface area (Å²) >= 11 is 5.33. The monoisotopic (exact) mass is 358 g/mol. The molecule has 2 N–H and O–H groups in total. The van der Waals surface area contributed by atoms with E-state index in [4.69, 9.17) is 17.0 Å². The van der Waals surface area contributed by atoms with Crippen molar-refractivity contribution in [1.29, 1.82) is 0 Å². The number of anilines is 1. The minimum Gasteiger partial charge on any atom is -0.495 e. The first-order chi connectivity index (χ1) is 12.0. The molecule has 4 saturated carbocycles. The molecule has 4 aliphatic rings. The van der Waals surface area contributed by atoms with E-state index >= 15 is 0 Å². The zero-order valence-electron chi connectivity index (χ0n) is 14.7. The number of carbonyl (C=O) groups is 1. The number of rotatable bonds is 4. The Bertz CT molecular complexity index is 653. The summed E-state index contributed by atoms with van der Waals surface area (Å²) in [6, 6.07) is 7.56. The summed E-state index contributed by atoms with van der Waals surface area (Å²) in [6.07, 6.45) is 8.51. The molecule has 4 aliphatic carbocycles. The number of hydrogen-bond donors (Lipinski definition) is 2. The van der Waals surface area contributed by atoms with Crippen LogP contribution in [0.4, 0.5) is 5.69 Å². The molecule has 4 fully saturated rings. The van der Waals surface area contributed by atoms with Crippen molar-refractivity contribution in [3.8, 4) is 5.75 Å². The van der Waals surface area contributed by atoms with Crippen LogP contribution in [0.25, 0.3) is 0 Å². The molecule has 0 atom stereocenters. The maximum atomic E-state index is 12.6. The van der Waals surface area contributed by atoms with Crippen molar-refractivity contribution in [1.82, 2.24) is 5.32 Å². The van der Waals surface area contributed by atoms with Crippen molar-refractivity contribution < 1.29 is 9.53 Å². The molecule has 4 bridgehead atoms. The molecule has 5 rings (SSSR count). The summed E-state index contributed by atoms with van der Waals surface area (Å²) in [6.45, 7) is 0. The van der Waals surface area contributed by atoms with Crippen LogP contribution in [0.3, 0.4) is 0 Å². The highest BCUT2D eigenvalue weighted by molar-refractivity contribution is 7.80. The third kappa shape index (κ3) is 3.52. The molecular formula is C20H26N2O2S. The first-order valence-corrected chi connectivity index (χ1v) is 9.70. The van der Waals surface area contributed by atoms with Gasteiger partial charge in [0.05, 0.1) is 12.8 Å². The fourth-order valence-electron chi connectivity index (χ4n) is 5.92. The summed E-state index contributed by atoms with van der Waals surface area (Å²) < 4.78 is 5.31. The van der Waals surface area contributed by atoms with E-state index in [2.05, 4.69) is 10.6 Å². The van der Waals surface area contributed by atoms with Gasteiger partial charge in [-0.25, -0.2) is 0 Å². The molecule has 0 unspecified atom stereocenters. The summed E-state index contributed by atoms with van der Waals surface area (Å²) in [5, 5.41) is 6.30. The van der Waals surface area contributed by atoms with Gasteiger partial charge in [-0.05, 0) is 86.0 Å². The molecule has 4 nitrogen and oxygen atoms in total. The Morgan fingerprint density at radius 1 is 1.16 bits per heavy atom. The van der Waals surface area contributed by atoms with Gasteiger partial charge in [0.15, 0.2) is 5.11 Å². The van der Waals surface area contributed by atoms with Crippen LogP contribution in [0.15, 0.2) is 24.3 Å². The highest BCUT2D eigenvalue weighted by Gasteiger charge is 2.51. The Hall–Kier alpha value is -1.62. The van der Waals surface area contributed by atoms with Crippen molar-refractivity contribution in [3.05, 3.63) is 24.3 Å². The maximum absolute atomic E-state index is 12.6. The standard InChI is InChI=1S/C20H26N2O2S/c1-24-17-5-3-2-4-16(17)21-19(25)22-18(23)12-20-9-13-6-14(10-20)8-15(7-13)11-20/h2-5,13-15H,6-12H2,1H3,(H2,21,22,23,25). The fraction of sp³-hybridized carbons (Fsp3) is 0.600. The van der Waals surface area contributed by atoms with E-state index in [0.29, 0.717) is 17.3 Å². The molecule has 0 spiro atoms. The highest BCUT2D eigenvalue weighted by atomic mass is 32.1. The number of benzene rings is 1. The van der Waals surface area contributed by atoms with E-state index in [0.717, 1.165) is 23.4 Å². The van der Waals surface area contributed by atoms with E-state index in [1.807, 2.05) is 24.3 Å². The highest BCUT2D eigenvalue weighted by Crippen LogP contribution is 2.61. The van der Waals surface area contributed by atoms with Crippen LogP contribution in [0.1, 0.15) is 44.9 Å². The van der Waals surface area contributed by atoms with Crippen LogP contribution in [0, 0.1) is 23.2 Å². The summed E-state index contributed by atoms with van der Waals surface area (Å²) in [7, 11) is 1.62. The second kappa shape index (κ2) is 6.60. The third-order valence-electron chi connectivity index (χ3n) is 6.31. The van der Waals surface area contributed by atoms with Crippen molar-refractivity contribution in [2.75, 3.05) is 12.4 Å². The van der Waals surface area contributed by atoms with Gasteiger partial charge >= 0.3 is 0 Å². The maximum Gasteiger partial charge on any atom is 0.226 e. The number of amides is 1. The fourth-order valence-corrected chi connectivity index (χ4v) is 6.14. The number of methoxy groups -OCH3 is 1. The molecule has 1 aromatic rings. The van der Waals surface area contributed by atoms with Gasteiger partial charge in [0.25, 0.3) is 0 Å². The van der Waals surface area contributed by atoms with Crippen molar-refractivity contribution >= 4 is 28.9 Å². The topological polar surface area (TPSA) is 50.4 Å². The zero-order valence-corrected chi connectivity index (χ0v) is 15.5. The lowest BCUT2D eigenvalue weighted by Crippen LogP contribution is -2.48. The second-order valence-corrected chi connectivity index (χ2v) is 8.71. The lowest BCUT2D eigenvalue weighted by atomic mass is 9.49. The van der Waals surface area contributed by atoms with Crippen LogP contribution >= 0.6 is 12.2 Å². The van der Waals surface area contributed by atoms with Gasteiger partial charge in [-0.2, -0.15) is 0 Å². The lowest BCUT2D eigenvalue weighted by Gasteiger charge is -2.56. The second-order valence-electron chi connectivity index (χ2n) is 8.30. The van der Waals surface area contributed by atoms with E-state index in [-0.39, 0.29) is 11.3 Å².